The van der Waals surface area contributed by atoms with Crippen LogP contribution < -0.4 is 4.90 Å². The van der Waals surface area contributed by atoms with Crippen molar-refractivity contribution in [2.24, 2.45) is 7.05 Å². The Morgan fingerprint density at radius 3 is 2.24 bits per heavy atom. The van der Waals surface area contributed by atoms with Crippen LogP contribution in [-0.4, -0.2) is 40.6 Å². The van der Waals surface area contributed by atoms with Crippen molar-refractivity contribution in [2.45, 2.75) is 20.4 Å². The first-order valence-corrected chi connectivity index (χ1v) is 7.63. The maximum Gasteiger partial charge on any atom is 0.122 e. The summed E-state index contributed by atoms with van der Waals surface area (Å²) in [6, 6.07) is 6.82. The van der Waals surface area contributed by atoms with Crippen molar-refractivity contribution in [3.8, 4) is 0 Å². The first-order chi connectivity index (χ1) is 10.1. The van der Waals surface area contributed by atoms with Crippen molar-refractivity contribution in [1.82, 2.24) is 14.5 Å². The molecule has 3 rings (SSSR count). The number of piperazine rings is 1. The highest BCUT2D eigenvalue weighted by Crippen LogP contribution is 2.20. The molecule has 1 aromatic heterocycles. The molecule has 0 unspecified atom stereocenters. The van der Waals surface area contributed by atoms with Crippen LogP contribution in [0, 0.1) is 13.8 Å². The van der Waals surface area contributed by atoms with Crippen LogP contribution in [0.3, 0.4) is 0 Å². The molecule has 2 heterocycles. The Morgan fingerprint density at radius 2 is 1.67 bits per heavy atom. The summed E-state index contributed by atoms with van der Waals surface area (Å²) in [6.45, 7) is 9.67. The van der Waals surface area contributed by atoms with E-state index in [0.29, 0.717) is 0 Å². The second-order valence-electron chi connectivity index (χ2n) is 6.06. The molecule has 0 saturated carbocycles. The van der Waals surface area contributed by atoms with Crippen LogP contribution in [-0.2, 0) is 13.6 Å². The summed E-state index contributed by atoms with van der Waals surface area (Å²) in [6.07, 6.45) is 3.89. The van der Waals surface area contributed by atoms with Gasteiger partial charge >= 0.3 is 0 Å². The minimum Gasteiger partial charge on any atom is -0.369 e. The number of hydrogen-bond acceptors (Lipinski definition) is 3. The van der Waals surface area contributed by atoms with Crippen LogP contribution in [0.2, 0.25) is 0 Å². The highest BCUT2D eigenvalue weighted by atomic mass is 15.3. The summed E-state index contributed by atoms with van der Waals surface area (Å²) in [5.41, 5.74) is 4.06. The van der Waals surface area contributed by atoms with Gasteiger partial charge in [0.1, 0.15) is 5.82 Å². The Hall–Kier alpha value is -1.81. The highest BCUT2D eigenvalue weighted by molar-refractivity contribution is 5.51. The van der Waals surface area contributed by atoms with Crippen LogP contribution in [0.15, 0.2) is 30.6 Å². The smallest absolute Gasteiger partial charge is 0.122 e. The molecule has 1 fully saturated rings. The number of hydrogen-bond donors (Lipinski definition) is 0. The molecule has 0 N–H and O–H groups in total. The lowest BCUT2D eigenvalue weighted by Gasteiger charge is -2.36. The molecule has 0 spiro atoms. The molecule has 1 aromatic carbocycles. The van der Waals surface area contributed by atoms with Gasteiger partial charge in [0, 0.05) is 51.3 Å². The molecule has 0 radical (unpaired) electrons. The number of rotatable bonds is 3. The summed E-state index contributed by atoms with van der Waals surface area (Å²) < 4.78 is 2.11. The van der Waals surface area contributed by atoms with E-state index >= 15 is 0 Å². The van der Waals surface area contributed by atoms with Crippen molar-refractivity contribution >= 4 is 5.69 Å². The fourth-order valence-corrected chi connectivity index (χ4v) is 3.05. The molecular weight excluding hydrogens is 260 g/mol. The number of nitrogens with zero attached hydrogens (tertiary/aromatic N) is 4. The van der Waals surface area contributed by atoms with Gasteiger partial charge in [-0.3, -0.25) is 4.90 Å². The molecular formula is C17H24N4. The SMILES string of the molecule is Cc1cc(C)cc(N2CCN(Cc3nccn3C)CC2)c1. The average molecular weight is 284 g/mol. The first kappa shape index (κ1) is 14.1. The topological polar surface area (TPSA) is 24.3 Å². The van der Waals surface area contributed by atoms with E-state index in [9.17, 15) is 0 Å². The van der Waals surface area contributed by atoms with E-state index in [0.717, 1.165) is 38.5 Å². The van der Waals surface area contributed by atoms with Crippen molar-refractivity contribution in [3.05, 3.63) is 47.5 Å². The van der Waals surface area contributed by atoms with Gasteiger partial charge in [-0.1, -0.05) is 6.07 Å². The zero-order valence-electron chi connectivity index (χ0n) is 13.2. The molecule has 0 bridgehead atoms. The Labute approximate surface area is 127 Å². The fraction of sp³-hybridized carbons (Fsp3) is 0.471. The van der Waals surface area contributed by atoms with Gasteiger partial charge in [-0.15, -0.1) is 0 Å². The molecule has 1 saturated heterocycles. The lowest BCUT2D eigenvalue weighted by molar-refractivity contribution is 0.242. The summed E-state index contributed by atoms with van der Waals surface area (Å²) in [4.78, 5) is 9.40. The van der Waals surface area contributed by atoms with E-state index < -0.39 is 0 Å². The molecule has 4 nitrogen and oxygen atoms in total. The van der Waals surface area contributed by atoms with Crippen LogP contribution in [0.5, 0.6) is 0 Å². The first-order valence-electron chi connectivity index (χ1n) is 7.63. The summed E-state index contributed by atoms with van der Waals surface area (Å²) in [5, 5.41) is 0. The Bertz CT molecular complexity index is 589. The van der Waals surface area contributed by atoms with Crippen molar-refractivity contribution in [3.63, 3.8) is 0 Å². The van der Waals surface area contributed by atoms with Crippen LogP contribution >= 0.6 is 0 Å². The molecule has 2 aromatic rings. The monoisotopic (exact) mass is 284 g/mol. The number of aromatic nitrogens is 2. The second kappa shape index (κ2) is 5.90. The Balaban J connectivity index is 1.61. The van der Waals surface area contributed by atoms with Gasteiger partial charge in [0.15, 0.2) is 0 Å². The molecule has 112 valence electrons. The molecule has 0 atom stereocenters. The summed E-state index contributed by atoms with van der Waals surface area (Å²) in [5.74, 6) is 1.15. The third kappa shape index (κ3) is 3.27. The van der Waals surface area contributed by atoms with Crippen molar-refractivity contribution < 1.29 is 0 Å². The van der Waals surface area contributed by atoms with Crippen molar-refractivity contribution in [1.29, 1.82) is 0 Å². The van der Waals surface area contributed by atoms with Crippen LogP contribution in [0.25, 0.3) is 0 Å². The molecule has 1 aliphatic heterocycles. The molecule has 0 aliphatic carbocycles. The minimum atomic E-state index is 0.949. The van der Waals surface area contributed by atoms with E-state index in [1.165, 1.54) is 16.8 Å². The zero-order chi connectivity index (χ0) is 14.8. The lowest BCUT2D eigenvalue weighted by atomic mass is 10.1. The van der Waals surface area contributed by atoms with Crippen molar-refractivity contribution in [2.75, 3.05) is 31.1 Å². The predicted octanol–water partition coefficient (Wildman–Crippen LogP) is 2.36. The number of aryl methyl sites for hydroxylation is 3. The number of anilines is 1. The third-order valence-electron chi connectivity index (χ3n) is 4.23. The van der Waals surface area contributed by atoms with E-state index in [4.69, 9.17) is 0 Å². The normalized spacial score (nSPS) is 16.4. The zero-order valence-corrected chi connectivity index (χ0v) is 13.2. The fourth-order valence-electron chi connectivity index (χ4n) is 3.05. The maximum absolute atomic E-state index is 4.42. The van der Waals surface area contributed by atoms with Gasteiger partial charge in [0.25, 0.3) is 0 Å². The summed E-state index contributed by atoms with van der Waals surface area (Å²) in [7, 11) is 2.06. The van der Waals surface area contributed by atoms with E-state index in [1.807, 2.05) is 12.4 Å². The van der Waals surface area contributed by atoms with Gasteiger partial charge in [0.2, 0.25) is 0 Å². The Kier molecular flexibility index (Phi) is 3.97. The standard InChI is InChI=1S/C17H24N4/c1-14-10-15(2)12-16(11-14)21-8-6-20(7-9-21)13-17-18-4-5-19(17)3/h4-5,10-12H,6-9,13H2,1-3H3. The minimum absolute atomic E-state index is 0.949. The molecule has 4 heteroatoms. The predicted molar refractivity (Wildman–Crippen MR) is 86.6 cm³/mol. The van der Waals surface area contributed by atoms with Gasteiger partial charge in [-0.2, -0.15) is 0 Å². The Morgan fingerprint density at radius 1 is 1.00 bits per heavy atom. The van der Waals surface area contributed by atoms with E-state index in [1.54, 1.807) is 0 Å². The van der Waals surface area contributed by atoms with Crippen LogP contribution in [0.1, 0.15) is 17.0 Å². The van der Waals surface area contributed by atoms with Gasteiger partial charge in [-0.05, 0) is 37.1 Å². The van der Waals surface area contributed by atoms with E-state index in [2.05, 4.69) is 58.4 Å². The lowest BCUT2D eigenvalue weighted by Crippen LogP contribution is -2.46. The molecule has 21 heavy (non-hydrogen) atoms. The number of benzene rings is 1. The quantitative estimate of drug-likeness (QED) is 0.865. The van der Waals surface area contributed by atoms with Gasteiger partial charge in [0.05, 0.1) is 6.54 Å². The maximum atomic E-state index is 4.42. The van der Waals surface area contributed by atoms with E-state index in [-0.39, 0.29) is 0 Å². The summed E-state index contributed by atoms with van der Waals surface area (Å²) >= 11 is 0. The number of imidazole rings is 1. The third-order valence-corrected chi connectivity index (χ3v) is 4.23. The second-order valence-corrected chi connectivity index (χ2v) is 6.06. The molecule has 1 aliphatic rings. The van der Waals surface area contributed by atoms with Crippen LogP contribution in [0.4, 0.5) is 5.69 Å². The largest absolute Gasteiger partial charge is 0.369 e. The highest BCUT2D eigenvalue weighted by Gasteiger charge is 2.18. The van der Waals surface area contributed by atoms with Gasteiger partial charge in [-0.25, -0.2) is 4.98 Å². The average Bonchev–Trinajstić information content (AvgIpc) is 2.84. The van der Waals surface area contributed by atoms with Gasteiger partial charge < -0.3 is 9.47 Å². The molecule has 0 amide bonds.